The van der Waals surface area contributed by atoms with E-state index in [9.17, 15) is 9.59 Å². The largest absolute Gasteiger partial charge is 0.497 e. The molecule has 1 amide bonds. The molecule has 0 radical (unpaired) electrons. The zero-order chi connectivity index (χ0) is 30.3. The van der Waals surface area contributed by atoms with Crippen LogP contribution in [0.15, 0.2) is 70.2 Å². The monoisotopic (exact) mass is 586 g/mol. The highest BCUT2D eigenvalue weighted by atomic mass is 16.6. The number of hydrogen-bond acceptors (Lipinski definition) is 9. The van der Waals surface area contributed by atoms with Gasteiger partial charge in [-0.2, -0.15) is 0 Å². The topological polar surface area (TPSA) is 109 Å². The summed E-state index contributed by atoms with van der Waals surface area (Å²) in [5.74, 6) is 1.76. The fourth-order valence-electron chi connectivity index (χ4n) is 5.08. The molecule has 0 spiro atoms. The number of nitrogens with zero attached hydrogens (tertiary/aromatic N) is 2. The highest BCUT2D eigenvalue weighted by Crippen LogP contribution is 2.37. The lowest BCUT2D eigenvalue weighted by Crippen LogP contribution is -2.31. The highest BCUT2D eigenvalue weighted by molar-refractivity contribution is 6.54. The summed E-state index contributed by atoms with van der Waals surface area (Å²) in [6.45, 7) is 3.02. The van der Waals surface area contributed by atoms with Crippen LogP contribution in [0.25, 0.3) is 22.3 Å². The molecule has 0 saturated carbocycles. The van der Waals surface area contributed by atoms with Gasteiger partial charge in [0.15, 0.2) is 5.71 Å². The molecule has 3 aromatic carbocycles. The maximum absolute atomic E-state index is 13.0. The molecule has 1 aliphatic rings. The van der Waals surface area contributed by atoms with Gasteiger partial charge < -0.3 is 33.1 Å². The number of rotatable bonds is 13. The van der Waals surface area contributed by atoms with Gasteiger partial charge in [-0.1, -0.05) is 5.16 Å². The van der Waals surface area contributed by atoms with E-state index in [1.807, 2.05) is 48.5 Å². The normalized spacial score (nSPS) is 13.3. The van der Waals surface area contributed by atoms with E-state index in [4.69, 9.17) is 28.2 Å². The van der Waals surface area contributed by atoms with Gasteiger partial charge in [-0.3, -0.25) is 4.79 Å². The van der Waals surface area contributed by atoms with E-state index >= 15 is 0 Å². The average molecular weight is 587 g/mol. The van der Waals surface area contributed by atoms with Crippen LogP contribution in [-0.4, -0.2) is 58.7 Å². The predicted octanol–water partition coefficient (Wildman–Crippen LogP) is 6.24. The second-order valence-corrected chi connectivity index (χ2v) is 9.78. The van der Waals surface area contributed by atoms with Crippen molar-refractivity contribution in [1.29, 1.82) is 0 Å². The van der Waals surface area contributed by atoms with Gasteiger partial charge in [-0.05, 0) is 86.8 Å². The molecule has 10 nitrogen and oxygen atoms in total. The van der Waals surface area contributed by atoms with E-state index in [1.54, 1.807) is 38.2 Å². The van der Waals surface area contributed by atoms with Crippen LogP contribution in [0.3, 0.4) is 0 Å². The van der Waals surface area contributed by atoms with E-state index in [0.29, 0.717) is 58.3 Å². The van der Waals surface area contributed by atoms with E-state index in [-0.39, 0.29) is 18.2 Å². The first-order valence-corrected chi connectivity index (χ1v) is 14.1. The number of fused-ring (bicyclic) bond motifs is 2. The van der Waals surface area contributed by atoms with Gasteiger partial charge in [0, 0.05) is 23.1 Å². The quantitative estimate of drug-likeness (QED) is 0.103. The summed E-state index contributed by atoms with van der Waals surface area (Å²) < 4.78 is 28.1. The van der Waals surface area contributed by atoms with Gasteiger partial charge in [0.1, 0.15) is 41.3 Å². The van der Waals surface area contributed by atoms with Crippen molar-refractivity contribution in [2.75, 3.05) is 46.0 Å². The lowest BCUT2D eigenvalue weighted by molar-refractivity contribution is -0.112. The third-order valence-corrected chi connectivity index (χ3v) is 7.17. The molecule has 2 heterocycles. The number of methoxy groups -OCH3 is 2. The molecule has 1 aliphatic heterocycles. The third-order valence-electron chi connectivity index (χ3n) is 7.17. The molecule has 0 unspecified atom stereocenters. The number of oxime groups is 1. The zero-order valence-electron chi connectivity index (χ0n) is 24.7. The van der Waals surface area contributed by atoms with Gasteiger partial charge in [0.05, 0.1) is 33.1 Å². The molecule has 10 heteroatoms. The second kappa shape index (κ2) is 13.3. The Kier molecular flexibility index (Phi) is 9.14. The number of carbonyl (C=O) groups is 2. The number of unbranched alkanes of at least 4 members (excludes halogenated alkanes) is 2. The van der Waals surface area contributed by atoms with Gasteiger partial charge in [0.25, 0.3) is 5.91 Å². The minimum Gasteiger partial charge on any atom is -0.497 e. The van der Waals surface area contributed by atoms with Crippen molar-refractivity contribution in [1.82, 2.24) is 0 Å². The molecule has 0 aliphatic carbocycles. The average Bonchev–Trinajstić information content (AvgIpc) is 3.53. The number of carbonyl (C=O) groups excluding carboxylic acids is 2. The molecule has 0 bridgehead atoms. The van der Waals surface area contributed by atoms with Crippen LogP contribution in [0, 0.1) is 0 Å². The zero-order valence-corrected chi connectivity index (χ0v) is 24.7. The summed E-state index contributed by atoms with van der Waals surface area (Å²) in [4.78, 5) is 32.6. The molecule has 43 heavy (non-hydrogen) atoms. The van der Waals surface area contributed by atoms with E-state index in [0.717, 1.165) is 30.5 Å². The Morgan fingerprint density at radius 3 is 2.35 bits per heavy atom. The maximum atomic E-state index is 13.0. The summed E-state index contributed by atoms with van der Waals surface area (Å²) >= 11 is 0. The second-order valence-electron chi connectivity index (χ2n) is 9.78. The van der Waals surface area contributed by atoms with E-state index in [1.165, 1.54) is 7.11 Å². The molecule has 5 rings (SSSR count). The fraction of sp³-hybridized carbons (Fsp3) is 0.303. The van der Waals surface area contributed by atoms with Gasteiger partial charge in [0.2, 0.25) is 0 Å². The maximum Gasteiger partial charge on any atom is 0.342 e. The highest BCUT2D eigenvalue weighted by Gasteiger charge is 2.34. The molecule has 224 valence electrons. The Morgan fingerprint density at radius 1 is 0.884 bits per heavy atom. The van der Waals surface area contributed by atoms with Crippen LogP contribution < -0.4 is 19.1 Å². The molecule has 0 fully saturated rings. The van der Waals surface area contributed by atoms with Crippen LogP contribution in [-0.2, 0) is 14.4 Å². The van der Waals surface area contributed by atoms with Crippen LogP contribution >= 0.6 is 0 Å². The van der Waals surface area contributed by atoms with Crippen LogP contribution in [0.1, 0.15) is 42.1 Å². The molecule has 0 atom stereocenters. The van der Waals surface area contributed by atoms with Gasteiger partial charge in [-0.15, -0.1) is 0 Å². The summed E-state index contributed by atoms with van der Waals surface area (Å²) in [5, 5.41) is 4.57. The van der Waals surface area contributed by atoms with Crippen LogP contribution in [0.5, 0.6) is 17.2 Å². The number of amides is 1. The Bertz CT molecular complexity index is 1640. The summed E-state index contributed by atoms with van der Waals surface area (Å²) in [6.07, 6.45) is 2.40. The molecule has 0 saturated heterocycles. The smallest absolute Gasteiger partial charge is 0.342 e. The van der Waals surface area contributed by atoms with Crippen molar-refractivity contribution in [2.24, 2.45) is 5.16 Å². The summed E-state index contributed by atoms with van der Waals surface area (Å²) in [5.41, 5.74) is 3.41. The van der Waals surface area contributed by atoms with Crippen LogP contribution in [0.4, 0.5) is 5.69 Å². The minimum atomic E-state index is -0.459. The third kappa shape index (κ3) is 6.13. The minimum absolute atomic E-state index is 0.193. The van der Waals surface area contributed by atoms with Crippen molar-refractivity contribution < 1.29 is 37.8 Å². The van der Waals surface area contributed by atoms with E-state index < -0.39 is 5.97 Å². The number of benzene rings is 3. The van der Waals surface area contributed by atoms with Gasteiger partial charge >= 0.3 is 5.97 Å². The molecule has 1 aromatic heterocycles. The predicted molar refractivity (Wildman–Crippen MR) is 162 cm³/mol. The first kappa shape index (κ1) is 29.5. The number of esters is 1. The number of hydrogen-bond donors (Lipinski definition) is 0. The number of ether oxygens (including phenoxy) is 4. The van der Waals surface area contributed by atoms with Crippen molar-refractivity contribution >= 4 is 34.2 Å². The number of anilines is 1. The van der Waals surface area contributed by atoms with Crippen LogP contribution in [0.2, 0.25) is 0 Å². The Morgan fingerprint density at radius 2 is 1.63 bits per heavy atom. The van der Waals surface area contributed by atoms with Crippen molar-refractivity contribution in [2.45, 2.75) is 26.2 Å². The first-order valence-electron chi connectivity index (χ1n) is 14.1. The van der Waals surface area contributed by atoms with Crippen molar-refractivity contribution in [3.8, 4) is 28.6 Å². The summed E-state index contributed by atoms with van der Waals surface area (Å²) in [6, 6.07) is 18.2. The fourth-order valence-corrected chi connectivity index (χ4v) is 5.08. The molecule has 4 aromatic rings. The summed E-state index contributed by atoms with van der Waals surface area (Å²) in [7, 11) is 4.60. The van der Waals surface area contributed by atoms with Gasteiger partial charge in [-0.25, -0.2) is 4.79 Å². The lowest BCUT2D eigenvalue weighted by Gasteiger charge is -2.17. The van der Waals surface area contributed by atoms with E-state index in [2.05, 4.69) is 5.16 Å². The molecular weight excluding hydrogens is 552 g/mol. The van der Waals surface area contributed by atoms with Crippen molar-refractivity contribution in [3.63, 3.8) is 0 Å². The molecular formula is C33H34N2O8. The number of furan rings is 1. The Labute approximate surface area is 249 Å². The first-order chi connectivity index (χ1) is 21.0. The lowest BCUT2D eigenvalue weighted by atomic mass is 10.1. The molecule has 0 N–H and O–H groups in total. The van der Waals surface area contributed by atoms with Crippen molar-refractivity contribution in [3.05, 3.63) is 71.8 Å². The Hall–Kier alpha value is -4.99. The Balaban J connectivity index is 1.22. The SMILES string of the molecule is CCOC(=O)c1c(-c2ccc(OC)cc2)oc2ccc(OCCCCCN3C(=O)/C(=N/OC)c4cc(OC)ccc43)cc12. The standard InChI is InChI=1S/C33H34N2O8/c1-5-41-33(37)29-26-20-24(14-16-28(26)43-31(29)21-9-11-22(38-2)12-10-21)42-18-8-6-7-17-35-27-15-13-23(39-3)19-25(27)30(32(35)36)34-40-4/h9-16,19-20H,5-8,17-18H2,1-4H3/b34-30+.